The maximum Gasteiger partial charge on any atom is 0.329 e. The Labute approximate surface area is 120 Å². The van der Waals surface area contributed by atoms with Gasteiger partial charge in [0.1, 0.15) is 5.54 Å². The van der Waals surface area contributed by atoms with Crippen molar-refractivity contribution >= 4 is 12.0 Å². The summed E-state index contributed by atoms with van der Waals surface area (Å²) in [6, 6.07) is -0.282. The van der Waals surface area contributed by atoms with Gasteiger partial charge < -0.3 is 20.1 Å². The molecule has 116 valence electrons. The molecule has 20 heavy (non-hydrogen) atoms. The van der Waals surface area contributed by atoms with Crippen LogP contribution in [0.3, 0.4) is 0 Å². The van der Waals surface area contributed by atoms with Crippen LogP contribution in [0.15, 0.2) is 0 Å². The van der Waals surface area contributed by atoms with Crippen LogP contribution in [0.5, 0.6) is 0 Å². The molecule has 0 aromatic rings. The molecule has 6 heteroatoms. The Bertz CT molecular complexity index is 357. The van der Waals surface area contributed by atoms with E-state index in [0.29, 0.717) is 13.2 Å². The molecule has 0 spiro atoms. The van der Waals surface area contributed by atoms with Gasteiger partial charge in [0.05, 0.1) is 6.61 Å². The molecule has 0 saturated heterocycles. The van der Waals surface area contributed by atoms with Crippen LogP contribution in [0.1, 0.15) is 40.0 Å². The molecule has 0 aromatic carbocycles. The van der Waals surface area contributed by atoms with Crippen molar-refractivity contribution in [2.75, 3.05) is 20.3 Å². The summed E-state index contributed by atoms with van der Waals surface area (Å²) in [5.74, 6) is -0.936. The summed E-state index contributed by atoms with van der Waals surface area (Å²) in [6.45, 7) is 6.43. The summed E-state index contributed by atoms with van der Waals surface area (Å²) in [4.78, 5) is 25.5. The molecule has 0 heterocycles. The van der Waals surface area contributed by atoms with E-state index in [9.17, 15) is 14.7 Å². The van der Waals surface area contributed by atoms with Crippen LogP contribution in [0.4, 0.5) is 4.79 Å². The van der Waals surface area contributed by atoms with Crippen molar-refractivity contribution in [1.29, 1.82) is 0 Å². The Morgan fingerprint density at radius 3 is 2.50 bits per heavy atom. The molecule has 1 fully saturated rings. The molecule has 1 aliphatic rings. The van der Waals surface area contributed by atoms with Crippen LogP contribution in [0.2, 0.25) is 0 Å². The normalized spacial score (nSPS) is 19.0. The number of hydrogen-bond acceptors (Lipinski definition) is 3. The summed E-state index contributed by atoms with van der Waals surface area (Å²) in [5, 5.41) is 12.1. The number of carbonyl (C=O) groups excluding carboxylic acids is 1. The van der Waals surface area contributed by atoms with Gasteiger partial charge in [0.25, 0.3) is 0 Å². The average molecular weight is 286 g/mol. The van der Waals surface area contributed by atoms with Gasteiger partial charge in [-0.05, 0) is 39.0 Å². The number of methoxy groups -OCH3 is 1. The van der Waals surface area contributed by atoms with Crippen molar-refractivity contribution in [3.63, 3.8) is 0 Å². The van der Waals surface area contributed by atoms with Crippen molar-refractivity contribution in [2.24, 2.45) is 5.92 Å². The number of amides is 2. The van der Waals surface area contributed by atoms with Gasteiger partial charge in [-0.15, -0.1) is 0 Å². The first-order valence-corrected chi connectivity index (χ1v) is 7.17. The fraction of sp³-hybridized carbons (Fsp3) is 0.857. The van der Waals surface area contributed by atoms with E-state index >= 15 is 0 Å². The topological polar surface area (TPSA) is 78.9 Å². The molecule has 0 aliphatic heterocycles. The number of hydrogen-bond donors (Lipinski definition) is 2. The molecule has 2 N–H and O–H groups in total. The number of urea groups is 1. The lowest BCUT2D eigenvalue weighted by atomic mass is 9.96. The molecule has 1 rings (SSSR count). The third-order valence-corrected chi connectivity index (χ3v) is 4.12. The Kier molecular flexibility index (Phi) is 5.80. The van der Waals surface area contributed by atoms with Gasteiger partial charge in [-0.3, -0.25) is 0 Å². The van der Waals surface area contributed by atoms with Gasteiger partial charge in [-0.2, -0.15) is 0 Å². The first kappa shape index (κ1) is 16.8. The summed E-state index contributed by atoms with van der Waals surface area (Å²) < 4.78 is 5.02. The highest BCUT2D eigenvalue weighted by molar-refractivity contribution is 5.86. The number of carboxylic acid groups (broad SMARTS) is 1. The third kappa shape index (κ3) is 3.85. The van der Waals surface area contributed by atoms with Gasteiger partial charge in [0.15, 0.2) is 0 Å². The predicted molar refractivity (Wildman–Crippen MR) is 75.6 cm³/mol. The van der Waals surface area contributed by atoms with Crippen LogP contribution >= 0.6 is 0 Å². The maximum atomic E-state index is 12.4. The SMILES string of the molecule is CCC(C)N(CCOC)C(=O)NC(C)(C(=O)O)C1CC1. The van der Waals surface area contributed by atoms with E-state index in [1.165, 1.54) is 0 Å². The van der Waals surface area contributed by atoms with Gasteiger partial charge >= 0.3 is 12.0 Å². The largest absolute Gasteiger partial charge is 0.480 e. The Balaban J connectivity index is 2.75. The molecule has 1 saturated carbocycles. The van der Waals surface area contributed by atoms with Gasteiger partial charge in [-0.25, -0.2) is 9.59 Å². The molecule has 2 unspecified atom stereocenters. The summed E-state index contributed by atoms with van der Waals surface area (Å²) in [5.41, 5.74) is -1.17. The molecule has 2 amide bonds. The fourth-order valence-corrected chi connectivity index (χ4v) is 2.22. The quantitative estimate of drug-likeness (QED) is 0.712. The van der Waals surface area contributed by atoms with E-state index in [1.807, 2.05) is 13.8 Å². The second-order valence-electron chi connectivity index (χ2n) is 5.66. The molecule has 0 bridgehead atoms. The molecule has 0 aromatic heterocycles. The van der Waals surface area contributed by atoms with Crippen molar-refractivity contribution in [3.05, 3.63) is 0 Å². The number of ether oxygens (including phenoxy) is 1. The predicted octanol–water partition coefficient (Wildman–Crippen LogP) is 1.70. The van der Waals surface area contributed by atoms with Crippen LogP contribution in [0, 0.1) is 5.92 Å². The molecule has 1 aliphatic carbocycles. The molecule has 0 radical (unpaired) electrons. The third-order valence-electron chi connectivity index (χ3n) is 4.12. The summed E-state index contributed by atoms with van der Waals surface area (Å²) >= 11 is 0. The summed E-state index contributed by atoms with van der Waals surface area (Å²) in [7, 11) is 1.58. The fourth-order valence-electron chi connectivity index (χ4n) is 2.22. The van der Waals surface area contributed by atoms with E-state index in [1.54, 1.807) is 18.9 Å². The standard InChI is InChI=1S/C14H26N2O4/c1-5-10(2)16(8-9-20-4)13(19)15-14(3,12(17)18)11-6-7-11/h10-11H,5-9H2,1-4H3,(H,15,19)(H,17,18). The van der Waals surface area contributed by atoms with E-state index in [2.05, 4.69) is 5.32 Å². The average Bonchev–Trinajstić information content (AvgIpc) is 3.22. The second kappa shape index (κ2) is 6.92. The van der Waals surface area contributed by atoms with E-state index in [0.717, 1.165) is 19.3 Å². The Morgan fingerprint density at radius 1 is 1.50 bits per heavy atom. The summed E-state index contributed by atoms with van der Waals surface area (Å²) in [6.07, 6.45) is 2.51. The lowest BCUT2D eigenvalue weighted by Crippen LogP contribution is -2.59. The van der Waals surface area contributed by atoms with Crippen molar-refractivity contribution in [3.8, 4) is 0 Å². The zero-order chi connectivity index (χ0) is 15.3. The smallest absolute Gasteiger partial charge is 0.329 e. The first-order valence-electron chi connectivity index (χ1n) is 7.17. The zero-order valence-electron chi connectivity index (χ0n) is 12.8. The zero-order valence-corrected chi connectivity index (χ0v) is 12.8. The number of rotatable bonds is 8. The Morgan fingerprint density at radius 2 is 2.10 bits per heavy atom. The van der Waals surface area contributed by atoms with E-state index in [-0.39, 0.29) is 18.0 Å². The highest BCUT2D eigenvalue weighted by atomic mass is 16.5. The van der Waals surface area contributed by atoms with Crippen LogP contribution in [-0.4, -0.2) is 53.8 Å². The number of aliphatic carboxylic acids is 1. The van der Waals surface area contributed by atoms with Crippen LogP contribution < -0.4 is 5.32 Å². The lowest BCUT2D eigenvalue weighted by Gasteiger charge is -2.33. The first-order chi connectivity index (χ1) is 9.36. The van der Waals surface area contributed by atoms with Crippen molar-refractivity contribution in [1.82, 2.24) is 10.2 Å². The molecular formula is C14H26N2O4. The molecule has 2 atom stereocenters. The number of nitrogens with one attached hydrogen (secondary N) is 1. The number of carbonyl (C=O) groups is 2. The minimum atomic E-state index is -1.17. The highest BCUT2D eigenvalue weighted by Gasteiger charge is 2.49. The van der Waals surface area contributed by atoms with Gasteiger partial charge in [0, 0.05) is 19.7 Å². The number of nitrogens with zero attached hydrogens (tertiary/aromatic N) is 1. The van der Waals surface area contributed by atoms with Crippen LogP contribution in [-0.2, 0) is 9.53 Å². The van der Waals surface area contributed by atoms with Crippen LogP contribution in [0.25, 0.3) is 0 Å². The van der Waals surface area contributed by atoms with E-state index in [4.69, 9.17) is 4.74 Å². The number of carboxylic acids is 1. The highest BCUT2D eigenvalue weighted by Crippen LogP contribution is 2.39. The van der Waals surface area contributed by atoms with Crippen molar-refractivity contribution in [2.45, 2.75) is 51.6 Å². The maximum absolute atomic E-state index is 12.4. The monoisotopic (exact) mass is 286 g/mol. The minimum Gasteiger partial charge on any atom is -0.480 e. The minimum absolute atomic E-state index is 0.0326. The van der Waals surface area contributed by atoms with Gasteiger partial charge in [-0.1, -0.05) is 6.92 Å². The van der Waals surface area contributed by atoms with E-state index < -0.39 is 11.5 Å². The van der Waals surface area contributed by atoms with Crippen molar-refractivity contribution < 1.29 is 19.4 Å². The van der Waals surface area contributed by atoms with Gasteiger partial charge in [0.2, 0.25) is 0 Å². The second-order valence-corrected chi connectivity index (χ2v) is 5.66. The lowest BCUT2D eigenvalue weighted by molar-refractivity contribution is -0.144. The molecular weight excluding hydrogens is 260 g/mol. The molecule has 6 nitrogen and oxygen atoms in total. The Hall–Kier alpha value is -1.30.